The van der Waals surface area contributed by atoms with E-state index in [2.05, 4.69) is 10.6 Å². The zero-order valence-electron chi connectivity index (χ0n) is 15.4. The molecule has 0 saturated carbocycles. The number of carbonyl (C=O) groups excluding carboxylic acids is 2. The Bertz CT molecular complexity index is 698. The summed E-state index contributed by atoms with van der Waals surface area (Å²) in [4.78, 5) is 35.8. The molecule has 1 aromatic rings. The van der Waals surface area contributed by atoms with E-state index in [1.807, 2.05) is 13.8 Å². The molecule has 0 radical (unpaired) electrons. The zero-order valence-corrected chi connectivity index (χ0v) is 16.2. The molecule has 6 nitrogen and oxygen atoms in total. The fraction of sp³-hybridized carbons (Fsp3) is 0.526. The number of hydrogen-bond acceptors (Lipinski definition) is 4. The maximum Gasteiger partial charge on any atom is 0.308 e. The molecule has 3 unspecified atom stereocenters. The molecule has 0 aliphatic carbocycles. The van der Waals surface area contributed by atoms with Gasteiger partial charge in [0.2, 0.25) is 11.8 Å². The number of carbonyl (C=O) groups is 3. The summed E-state index contributed by atoms with van der Waals surface area (Å²) in [6.45, 7) is 3.87. The topological polar surface area (TPSA) is 95.5 Å². The minimum atomic E-state index is -0.948. The molecule has 1 aromatic carbocycles. The van der Waals surface area contributed by atoms with Crippen molar-refractivity contribution >= 4 is 29.5 Å². The van der Waals surface area contributed by atoms with E-state index >= 15 is 0 Å². The van der Waals surface area contributed by atoms with Crippen molar-refractivity contribution in [2.75, 3.05) is 12.3 Å². The molecular formula is C19H25FN2O4S. The van der Waals surface area contributed by atoms with Crippen LogP contribution in [-0.4, -0.2) is 46.5 Å². The summed E-state index contributed by atoms with van der Waals surface area (Å²) in [5.74, 6) is -2.10. The van der Waals surface area contributed by atoms with Gasteiger partial charge in [-0.15, -0.1) is 11.8 Å². The Morgan fingerprint density at radius 1 is 1.37 bits per heavy atom. The molecule has 3 atom stereocenters. The predicted molar refractivity (Wildman–Crippen MR) is 102 cm³/mol. The quantitative estimate of drug-likeness (QED) is 0.623. The van der Waals surface area contributed by atoms with Gasteiger partial charge < -0.3 is 15.7 Å². The van der Waals surface area contributed by atoms with Crippen molar-refractivity contribution < 1.29 is 23.9 Å². The van der Waals surface area contributed by atoms with E-state index in [0.717, 1.165) is 0 Å². The molecule has 2 rings (SSSR count). The number of carboxylic acids is 1. The van der Waals surface area contributed by atoms with Crippen LogP contribution in [0, 0.1) is 17.7 Å². The molecule has 1 aliphatic heterocycles. The van der Waals surface area contributed by atoms with Crippen LogP contribution in [0.5, 0.6) is 0 Å². The number of thioether (sulfide) groups is 1. The van der Waals surface area contributed by atoms with Gasteiger partial charge in [-0.3, -0.25) is 14.4 Å². The van der Waals surface area contributed by atoms with E-state index in [9.17, 15) is 23.9 Å². The number of aliphatic carboxylic acids is 1. The van der Waals surface area contributed by atoms with Crippen molar-refractivity contribution in [3.63, 3.8) is 0 Å². The lowest BCUT2D eigenvalue weighted by Crippen LogP contribution is -2.55. The molecule has 2 amide bonds. The van der Waals surface area contributed by atoms with Gasteiger partial charge in [0, 0.05) is 12.3 Å². The van der Waals surface area contributed by atoms with E-state index in [-0.39, 0.29) is 30.6 Å². The van der Waals surface area contributed by atoms with E-state index < -0.39 is 29.1 Å². The third-order valence-electron chi connectivity index (χ3n) is 4.38. The lowest BCUT2D eigenvalue weighted by Gasteiger charge is -2.28. The highest BCUT2D eigenvalue weighted by molar-refractivity contribution is 8.00. The lowest BCUT2D eigenvalue weighted by molar-refractivity contribution is -0.142. The third-order valence-corrected chi connectivity index (χ3v) is 5.69. The Morgan fingerprint density at radius 3 is 2.67 bits per heavy atom. The van der Waals surface area contributed by atoms with Gasteiger partial charge in [-0.25, -0.2) is 4.39 Å². The first-order valence-electron chi connectivity index (χ1n) is 8.93. The van der Waals surface area contributed by atoms with Crippen molar-refractivity contribution in [3.8, 4) is 0 Å². The number of carboxylic acid groups (broad SMARTS) is 1. The minimum absolute atomic E-state index is 0.0298. The second kappa shape index (κ2) is 9.73. The van der Waals surface area contributed by atoms with Gasteiger partial charge >= 0.3 is 5.97 Å². The van der Waals surface area contributed by atoms with Gasteiger partial charge in [-0.05, 0) is 30.4 Å². The monoisotopic (exact) mass is 396 g/mol. The van der Waals surface area contributed by atoms with Crippen molar-refractivity contribution in [2.45, 2.75) is 38.0 Å². The standard InChI is InChI=1S/C19H25FN2O4S/c1-11(2)7-13(19(25)26)9-21-17(23)15-10-27-16(18(24)22-15)8-12-5-3-4-6-14(12)20/h3-6,11,13,15-16H,7-10H2,1-2H3,(H,21,23)(H,22,24)(H,25,26). The highest BCUT2D eigenvalue weighted by Crippen LogP contribution is 2.23. The van der Waals surface area contributed by atoms with Crippen LogP contribution in [0.1, 0.15) is 25.8 Å². The van der Waals surface area contributed by atoms with Crippen LogP contribution in [-0.2, 0) is 20.8 Å². The van der Waals surface area contributed by atoms with Crippen LogP contribution in [0.3, 0.4) is 0 Å². The van der Waals surface area contributed by atoms with Crippen molar-refractivity contribution in [1.82, 2.24) is 10.6 Å². The molecule has 1 heterocycles. The summed E-state index contributed by atoms with van der Waals surface area (Å²) >= 11 is 1.31. The number of amides is 2. The lowest BCUT2D eigenvalue weighted by atomic mass is 9.97. The Morgan fingerprint density at radius 2 is 2.07 bits per heavy atom. The highest BCUT2D eigenvalue weighted by atomic mass is 32.2. The maximum absolute atomic E-state index is 13.8. The summed E-state index contributed by atoms with van der Waals surface area (Å²) in [6.07, 6.45) is 0.721. The van der Waals surface area contributed by atoms with E-state index in [1.54, 1.807) is 18.2 Å². The molecule has 1 saturated heterocycles. The molecule has 0 spiro atoms. The van der Waals surface area contributed by atoms with Gasteiger partial charge in [0.15, 0.2) is 0 Å². The van der Waals surface area contributed by atoms with Gasteiger partial charge in [-0.2, -0.15) is 0 Å². The molecule has 148 valence electrons. The van der Waals surface area contributed by atoms with Crippen LogP contribution < -0.4 is 10.6 Å². The Kier molecular flexibility index (Phi) is 7.65. The molecule has 0 bridgehead atoms. The van der Waals surface area contributed by atoms with Crippen LogP contribution in [0.4, 0.5) is 4.39 Å². The largest absolute Gasteiger partial charge is 0.481 e. The third kappa shape index (κ3) is 6.23. The second-order valence-corrected chi connectivity index (χ2v) is 8.32. The van der Waals surface area contributed by atoms with Crippen molar-refractivity contribution in [3.05, 3.63) is 35.6 Å². The molecule has 0 aromatic heterocycles. The van der Waals surface area contributed by atoms with E-state index in [0.29, 0.717) is 17.7 Å². The summed E-state index contributed by atoms with van der Waals surface area (Å²) in [7, 11) is 0. The average Bonchev–Trinajstić information content (AvgIpc) is 2.61. The summed E-state index contributed by atoms with van der Waals surface area (Å²) in [5.41, 5.74) is 0.464. The van der Waals surface area contributed by atoms with Crippen LogP contribution in [0.25, 0.3) is 0 Å². The van der Waals surface area contributed by atoms with Crippen molar-refractivity contribution in [2.24, 2.45) is 11.8 Å². The number of benzene rings is 1. The molecular weight excluding hydrogens is 371 g/mol. The van der Waals surface area contributed by atoms with Crippen LogP contribution >= 0.6 is 11.8 Å². The minimum Gasteiger partial charge on any atom is -0.481 e. The van der Waals surface area contributed by atoms with E-state index in [4.69, 9.17) is 0 Å². The fourth-order valence-corrected chi connectivity index (χ4v) is 4.11. The highest BCUT2D eigenvalue weighted by Gasteiger charge is 2.33. The van der Waals surface area contributed by atoms with Gasteiger partial charge in [-0.1, -0.05) is 32.0 Å². The van der Waals surface area contributed by atoms with Gasteiger partial charge in [0.25, 0.3) is 0 Å². The molecule has 27 heavy (non-hydrogen) atoms. The number of rotatable bonds is 8. The molecule has 1 aliphatic rings. The van der Waals surface area contributed by atoms with Crippen molar-refractivity contribution in [1.29, 1.82) is 0 Å². The number of hydrogen-bond donors (Lipinski definition) is 3. The SMILES string of the molecule is CC(C)CC(CNC(=O)C1CSC(Cc2ccccc2F)C(=O)N1)C(=O)O. The summed E-state index contributed by atoms with van der Waals surface area (Å²) in [6, 6.07) is 5.59. The fourth-order valence-electron chi connectivity index (χ4n) is 2.94. The number of halogens is 1. The zero-order chi connectivity index (χ0) is 20.0. The molecule has 1 fully saturated rings. The summed E-state index contributed by atoms with van der Waals surface area (Å²) < 4.78 is 13.8. The predicted octanol–water partition coefficient (Wildman–Crippen LogP) is 1.83. The van der Waals surface area contributed by atoms with Crippen LogP contribution in [0.2, 0.25) is 0 Å². The average molecular weight is 396 g/mol. The van der Waals surface area contributed by atoms with E-state index in [1.165, 1.54) is 17.8 Å². The van der Waals surface area contributed by atoms with Crippen LogP contribution in [0.15, 0.2) is 24.3 Å². The van der Waals surface area contributed by atoms with Gasteiger partial charge in [0.1, 0.15) is 11.9 Å². The Labute approximate surface area is 162 Å². The van der Waals surface area contributed by atoms with Gasteiger partial charge in [0.05, 0.1) is 11.2 Å². The first-order chi connectivity index (χ1) is 12.8. The summed E-state index contributed by atoms with van der Waals surface area (Å²) in [5, 5.41) is 14.1. The first-order valence-corrected chi connectivity index (χ1v) is 9.98. The number of nitrogens with one attached hydrogen (secondary N) is 2. The maximum atomic E-state index is 13.8. The Balaban J connectivity index is 1.86. The normalized spacial score (nSPS) is 20.8. The second-order valence-electron chi connectivity index (χ2n) is 7.09. The Hall–Kier alpha value is -2.09. The molecule has 8 heteroatoms. The first kappa shape index (κ1) is 21.2. The molecule has 3 N–H and O–H groups in total. The smallest absolute Gasteiger partial charge is 0.308 e.